The van der Waals surface area contributed by atoms with Gasteiger partial charge >= 0.3 is 5.97 Å². The molecule has 1 atom stereocenters. The number of ether oxygens (including phenoxy) is 1. The molecule has 2 aromatic carbocycles. The van der Waals surface area contributed by atoms with E-state index in [0.717, 1.165) is 11.3 Å². The van der Waals surface area contributed by atoms with Crippen LogP contribution in [0.5, 0.6) is 5.75 Å². The summed E-state index contributed by atoms with van der Waals surface area (Å²) in [4.78, 5) is 23.9. The van der Waals surface area contributed by atoms with E-state index < -0.39 is 17.3 Å². The maximum Gasteiger partial charge on any atom is 0.310 e. The summed E-state index contributed by atoms with van der Waals surface area (Å²) in [5.41, 5.74) is 1.54. The highest BCUT2D eigenvalue weighted by molar-refractivity contribution is 5.95. The van der Waals surface area contributed by atoms with Crippen molar-refractivity contribution in [1.82, 2.24) is 0 Å². The van der Waals surface area contributed by atoms with Gasteiger partial charge in [0, 0.05) is 11.1 Å². The summed E-state index contributed by atoms with van der Waals surface area (Å²) in [6.45, 7) is 5.37. The number of amides is 1. The average molecular weight is 355 g/mol. The summed E-state index contributed by atoms with van der Waals surface area (Å²) in [6.07, 6.45) is 0.522. The van der Waals surface area contributed by atoms with Crippen LogP contribution in [0.2, 0.25) is 0 Å². The van der Waals surface area contributed by atoms with Crippen LogP contribution in [-0.2, 0) is 16.0 Å². The van der Waals surface area contributed by atoms with Gasteiger partial charge in [0.2, 0.25) is 5.91 Å². The minimum absolute atomic E-state index is 0.136. The number of carbonyl (C=O) groups excluding carboxylic acids is 1. The Balaban J connectivity index is 2.15. The van der Waals surface area contributed by atoms with Crippen LogP contribution < -0.4 is 10.1 Å². The van der Waals surface area contributed by atoms with Gasteiger partial charge in [-0.25, -0.2) is 0 Å². The van der Waals surface area contributed by atoms with Gasteiger partial charge in [-0.1, -0.05) is 44.2 Å². The van der Waals surface area contributed by atoms with Gasteiger partial charge in [-0.05, 0) is 42.7 Å². The van der Waals surface area contributed by atoms with E-state index in [1.54, 1.807) is 38.3 Å². The number of nitrogens with one attached hydrogen (secondary N) is 1. The monoisotopic (exact) mass is 355 g/mol. The molecule has 138 valence electrons. The van der Waals surface area contributed by atoms with Gasteiger partial charge < -0.3 is 15.2 Å². The zero-order valence-electron chi connectivity index (χ0n) is 15.6. The molecule has 1 amide bonds. The number of hydrogen-bond acceptors (Lipinski definition) is 3. The number of carboxylic acids is 1. The molecule has 0 spiro atoms. The Morgan fingerprint density at radius 1 is 1.15 bits per heavy atom. The molecular weight excluding hydrogens is 330 g/mol. The van der Waals surface area contributed by atoms with E-state index in [1.165, 1.54) is 0 Å². The van der Waals surface area contributed by atoms with Crippen molar-refractivity contribution in [1.29, 1.82) is 0 Å². The molecule has 2 rings (SSSR count). The summed E-state index contributed by atoms with van der Waals surface area (Å²) >= 11 is 0. The molecule has 0 saturated carbocycles. The predicted octanol–water partition coefficient (Wildman–Crippen LogP) is 4.09. The molecule has 26 heavy (non-hydrogen) atoms. The summed E-state index contributed by atoms with van der Waals surface area (Å²) in [6, 6.07) is 14.6. The number of methoxy groups -OCH3 is 1. The molecule has 1 unspecified atom stereocenters. The standard InChI is InChI=1S/C21H25NO4/c1-14(19(23)24)15-9-7-10-17(12-15)22-20(25)21(2,3)13-16-8-5-6-11-18(16)26-4/h5-12,14H,13H2,1-4H3,(H,22,25)(H,23,24). The Morgan fingerprint density at radius 2 is 1.85 bits per heavy atom. The van der Waals surface area contributed by atoms with Crippen LogP contribution in [-0.4, -0.2) is 24.1 Å². The highest BCUT2D eigenvalue weighted by Gasteiger charge is 2.29. The van der Waals surface area contributed by atoms with Crippen molar-refractivity contribution in [2.45, 2.75) is 33.1 Å². The summed E-state index contributed by atoms with van der Waals surface area (Å²) < 4.78 is 5.37. The Hall–Kier alpha value is -2.82. The molecule has 0 saturated heterocycles. The number of hydrogen-bond donors (Lipinski definition) is 2. The fraction of sp³-hybridized carbons (Fsp3) is 0.333. The van der Waals surface area contributed by atoms with Crippen LogP contribution >= 0.6 is 0 Å². The molecule has 0 heterocycles. The van der Waals surface area contributed by atoms with Crippen molar-refractivity contribution in [3.63, 3.8) is 0 Å². The number of carboxylic acid groups (broad SMARTS) is 1. The first-order chi connectivity index (χ1) is 12.2. The van der Waals surface area contributed by atoms with Gasteiger partial charge in [0.15, 0.2) is 0 Å². The topological polar surface area (TPSA) is 75.6 Å². The van der Waals surface area contributed by atoms with Crippen molar-refractivity contribution in [2.24, 2.45) is 5.41 Å². The molecule has 0 radical (unpaired) electrons. The lowest BCUT2D eigenvalue weighted by Crippen LogP contribution is -2.33. The van der Waals surface area contributed by atoms with Crippen molar-refractivity contribution < 1.29 is 19.4 Å². The Labute approximate surface area is 154 Å². The normalized spacial score (nSPS) is 12.3. The van der Waals surface area contributed by atoms with Crippen molar-refractivity contribution in [3.8, 4) is 5.75 Å². The summed E-state index contributed by atoms with van der Waals surface area (Å²) in [5, 5.41) is 12.1. The van der Waals surface area contributed by atoms with Gasteiger partial charge in [0.1, 0.15) is 5.75 Å². The second-order valence-electron chi connectivity index (χ2n) is 7.01. The molecule has 0 aromatic heterocycles. The van der Waals surface area contributed by atoms with Crippen LogP contribution in [0.3, 0.4) is 0 Å². The van der Waals surface area contributed by atoms with E-state index in [4.69, 9.17) is 9.84 Å². The molecule has 2 aromatic rings. The molecule has 5 nitrogen and oxygen atoms in total. The van der Waals surface area contributed by atoms with Gasteiger partial charge in [-0.2, -0.15) is 0 Å². The van der Waals surface area contributed by atoms with Crippen LogP contribution in [0.4, 0.5) is 5.69 Å². The first kappa shape index (κ1) is 19.5. The fourth-order valence-electron chi connectivity index (χ4n) is 2.73. The van der Waals surface area contributed by atoms with Gasteiger partial charge in [0.25, 0.3) is 0 Å². The van der Waals surface area contributed by atoms with E-state index in [-0.39, 0.29) is 5.91 Å². The number of anilines is 1. The number of aliphatic carboxylic acids is 1. The van der Waals surface area contributed by atoms with E-state index in [1.807, 2.05) is 38.1 Å². The van der Waals surface area contributed by atoms with E-state index in [0.29, 0.717) is 17.7 Å². The maximum absolute atomic E-state index is 12.8. The smallest absolute Gasteiger partial charge is 0.310 e. The van der Waals surface area contributed by atoms with Gasteiger partial charge in [-0.15, -0.1) is 0 Å². The van der Waals surface area contributed by atoms with E-state index >= 15 is 0 Å². The maximum atomic E-state index is 12.8. The van der Waals surface area contributed by atoms with Crippen LogP contribution in [0, 0.1) is 5.41 Å². The largest absolute Gasteiger partial charge is 0.496 e. The SMILES string of the molecule is COc1ccccc1CC(C)(C)C(=O)Nc1cccc(C(C)C(=O)O)c1. The zero-order valence-corrected chi connectivity index (χ0v) is 15.6. The lowest BCUT2D eigenvalue weighted by molar-refractivity contribution is -0.138. The molecule has 0 bridgehead atoms. The minimum atomic E-state index is -0.898. The molecule has 2 N–H and O–H groups in total. The van der Waals surface area contributed by atoms with E-state index in [2.05, 4.69) is 5.32 Å². The molecule has 0 fully saturated rings. The Bertz CT molecular complexity index is 798. The number of rotatable bonds is 7. The fourth-order valence-corrected chi connectivity index (χ4v) is 2.73. The van der Waals surface area contributed by atoms with Gasteiger partial charge in [0.05, 0.1) is 13.0 Å². The van der Waals surface area contributed by atoms with Crippen LogP contribution in [0.15, 0.2) is 48.5 Å². The quantitative estimate of drug-likeness (QED) is 0.784. The van der Waals surface area contributed by atoms with Gasteiger partial charge in [-0.3, -0.25) is 9.59 Å². The third kappa shape index (κ3) is 4.63. The Kier molecular flexibility index (Phi) is 6.03. The zero-order chi connectivity index (χ0) is 19.3. The summed E-state index contributed by atoms with van der Waals surface area (Å²) in [5.74, 6) is -0.910. The highest BCUT2D eigenvalue weighted by atomic mass is 16.5. The second kappa shape index (κ2) is 8.04. The molecule has 0 aliphatic heterocycles. The minimum Gasteiger partial charge on any atom is -0.496 e. The first-order valence-corrected chi connectivity index (χ1v) is 8.50. The second-order valence-corrected chi connectivity index (χ2v) is 7.01. The van der Waals surface area contributed by atoms with Crippen LogP contribution in [0.25, 0.3) is 0 Å². The number of carbonyl (C=O) groups is 2. The highest BCUT2D eigenvalue weighted by Crippen LogP contribution is 2.29. The molecule has 0 aliphatic carbocycles. The third-order valence-electron chi connectivity index (χ3n) is 4.45. The lowest BCUT2D eigenvalue weighted by atomic mass is 9.84. The van der Waals surface area contributed by atoms with Crippen molar-refractivity contribution in [3.05, 3.63) is 59.7 Å². The van der Waals surface area contributed by atoms with Crippen molar-refractivity contribution in [2.75, 3.05) is 12.4 Å². The van der Waals surface area contributed by atoms with Crippen molar-refractivity contribution >= 4 is 17.6 Å². The average Bonchev–Trinajstić information content (AvgIpc) is 2.61. The molecule has 5 heteroatoms. The first-order valence-electron chi connectivity index (χ1n) is 8.50. The van der Waals surface area contributed by atoms with Crippen LogP contribution in [0.1, 0.15) is 37.8 Å². The van der Waals surface area contributed by atoms with E-state index in [9.17, 15) is 9.59 Å². The molecule has 0 aliphatic rings. The molecular formula is C21H25NO4. The summed E-state index contributed by atoms with van der Waals surface area (Å²) in [7, 11) is 1.61. The number of para-hydroxylation sites is 1. The Morgan fingerprint density at radius 3 is 2.50 bits per heavy atom. The lowest BCUT2D eigenvalue weighted by Gasteiger charge is -2.25. The third-order valence-corrected chi connectivity index (χ3v) is 4.45. The predicted molar refractivity (Wildman–Crippen MR) is 102 cm³/mol. The number of benzene rings is 2.